The SMILES string of the molecule is COC1CN(C(c2cccc(N)c2)c2nncn2C)C1. The Labute approximate surface area is 118 Å². The highest BCUT2D eigenvalue weighted by molar-refractivity contribution is 5.43. The second-order valence-electron chi connectivity index (χ2n) is 5.18. The maximum atomic E-state index is 5.91. The van der Waals surface area contributed by atoms with Crippen LogP contribution in [0.1, 0.15) is 17.4 Å². The number of nitrogens with two attached hydrogens (primary N) is 1. The lowest BCUT2D eigenvalue weighted by Gasteiger charge is -2.43. The molecule has 0 amide bonds. The molecule has 2 heterocycles. The molecule has 0 aliphatic carbocycles. The molecule has 0 radical (unpaired) electrons. The summed E-state index contributed by atoms with van der Waals surface area (Å²) in [5.41, 5.74) is 7.81. The van der Waals surface area contributed by atoms with Crippen LogP contribution >= 0.6 is 0 Å². The van der Waals surface area contributed by atoms with Gasteiger partial charge in [0.2, 0.25) is 0 Å². The number of anilines is 1. The largest absolute Gasteiger partial charge is 0.399 e. The molecule has 3 rings (SSSR count). The minimum absolute atomic E-state index is 0.0670. The van der Waals surface area contributed by atoms with E-state index >= 15 is 0 Å². The standard InChI is InChI=1S/C14H19N5O/c1-18-9-16-17-14(18)13(19-7-12(8-19)20-2)10-4-3-5-11(15)6-10/h3-6,9,12-13H,7-8,15H2,1-2H3. The lowest BCUT2D eigenvalue weighted by molar-refractivity contribution is -0.0457. The van der Waals surface area contributed by atoms with Crippen LogP contribution in [0.2, 0.25) is 0 Å². The number of methoxy groups -OCH3 is 1. The molecule has 6 heteroatoms. The Kier molecular flexibility index (Phi) is 3.42. The van der Waals surface area contributed by atoms with Crippen molar-refractivity contribution in [1.82, 2.24) is 19.7 Å². The summed E-state index contributed by atoms with van der Waals surface area (Å²) in [6, 6.07) is 8.01. The fraction of sp³-hybridized carbons (Fsp3) is 0.429. The Morgan fingerprint density at radius 1 is 1.40 bits per heavy atom. The molecule has 1 unspecified atom stereocenters. The fourth-order valence-corrected chi connectivity index (χ4v) is 2.62. The minimum Gasteiger partial charge on any atom is -0.399 e. The summed E-state index contributed by atoms with van der Waals surface area (Å²) < 4.78 is 7.32. The number of nitrogens with zero attached hydrogens (tertiary/aromatic N) is 4. The van der Waals surface area contributed by atoms with E-state index in [-0.39, 0.29) is 6.04 Å². The van der Waals surface area contributed by atoms with Crippen molar-refractivity contribution in [3.05, 3.63) is 42.0 Å². The topological polar surface area (TPSA) is 69.2 Å². The molecule has 1 aromatic carbocycles. The van der Waals surface area contributed by atoms with Crippen molar-refractivity contribution in [3.63, 3.8) is 0 Å². The van der Waals surface area contributed by atoms with Gasteiger partial charge in [-0.2, -0.15) is 0 Å². The molecule has 20 heavy (non-hydrogen) atoms. The summed E-state index contributed by atoms with van der Waals surface area (Å²) in [4.78, 5) is 2.33. The average Bonchev–Trinajstić information content (AvgIpc) is 2.79. The highest BCUT2D eigenvalue weighted by atomic mass is 16.5. The molecule has 0 spiro atoms. The van der Waals surface area contributed by atoms with Crippen LogP contribution in [0.5, 0.6) is 0 Å². The van der Waals surface area contributed by atoms with Gasteiger partial charge in [-0.25, -0.2) is 0 Å². The van der Waals surface area contributed by atoms with Crippen molar-refractivity contribution in [2.45, 2.75) is 12.1 Å². The first-order valence-electron chi connectivity index (χ1n) is 6.65. The zero-order chi connectivity index (χ0) is 14.1. The van der Waals surface area contributed by atoms with Gasteiger partial charge in [0, 0.05) is 32.9 Å². The van der Waals surface area contributed by atoms with Crippen molar-refractivity contribution >= 4 is 5.69 Å². The van der Waals surface area contributed by atoms with Gasteiger partial charge in [0.25, 0.3) is 0 Å². The molecule has 1 saturated heterocycles. The number of benzene rings is 1. The van der Waals surface area contributed by atoms with Crippen LogP contribution < -0.4 is 5.73 Å². The summed E-state index contributed by atoms with van der Waals surface area (Å²) >= 11 is 0. The Hall–Kier alpha value is -1.92. The summed E-state index contributed by atoms with van der Waals surface area (Å²) in [7, 11) is 3.71. The van der Waals surface area contributed by atoms with Crippen LogP contribution in [0, 0.1) is 0 Å². The number of nitrogen functional groups attached to an aromatic ring is 1. The van der Waals surface area contributed by atoms with E-state index in [0.717, 1.165) is 30.2 Å². The summed E-state index contributed by atoms with van der Waals surface area (Å²) in [5.74, 6) is 0.921. The van der Waals surface area contributed by atoms with Gasteiger partial charge in [-0.3, -0.25) is 4.90 Å². The molecule has 1 fully saturated rings. The number of likely N-dealkylation sites (tertiary alicyclic amines) is 1. The maximum Gasteiger partial charge on any atom is 0.154 e. The Morgan fingerprint density at radius 3 is 2.80 bits per heavy atom. The summed E-state index contributed by atoms with van der Waals surface area (Å²) in [6.45, 7) is 1.78. The predicted molar refractivity (Wildman–Crippen MR) is 76.1 cm³/mol. The molecule has 1 aliphatic rings. The molecule has 0 bridgehead atoms. The molecule has 6 nitrogen and oxygen atoms in total. The van der Waals surface area contributed by atoms with Crippen molar-refractivity contribution in [1.29, 1.82) is 0 Å². The van der Waals surface area contributed by atoms with E-state index in [9.17, 15) is 0 Å². The van der Waals surface area contributed by atoms with Gasteiger partial charge in [0.05, 0.1) is 12.1 Å². The van der Waals surface area contributed by atoms with Crippen molar-refractivity contribution in [2.75, 3.05) is 25.9 Å². The van der Waals surface area contributed by atoms with Crippen LogP contribution in [0.15, 0.2) is 30.6 Å². The minimum atomic E-state index is 0.0670. The monoisotopic (exact) mass is 273 g/mol. The third-order valence-electron chi connectivity index (χ3n) is 3.79. The van der Waals surface area contributed by atoms with Gasteiger partial charge in [0.15, 0.2) is 5.82 Å². The molecule has 1 atom stereocenters. The van der Waals surface area contributed by atoms with Gasteiger partial charge < -0.3 is 15.0 Å². The number of hydrogen-bond donors (Lipinski definition) is 1. The lowest BCUT2D eigenvalue weighted by Crippen LogP contribution is -2.53. The van der Waals surface area contributed by atoms with Crippen LogP contribution in [0.3, 0.4) is 0 Å². The van der Waals surface area contributed by atoms with Crippen LogP contribution in [-0.2, 0) is 11.8 Å². The van der Waals surface area contributed by atoms with Crippen molar-refractivity contribution in [2.24, 2.45) is 7.05 Å². The van der Waals surface area contributed by atoms with E-state index < -0.39 is 0 Å². The molecule has 1 aliphatic heterocycles. The maximum absolute atomic E-state index is 5.91. The Bertz CT molecular complexity index is 591. The van der Waals surface area contributed by atoms with Gasteiger partial charge in [-0.1, -0.05) is 12.1 Å². The average molecular weight is 273 g/mol. The number of aryl methyl sites for hydroxylation is 1. The number of hydrogen-bond acceptors (Lipinski definition) is 5. The Balaban J connectivity index is 1.94. The third-order valence-corrected chi connectivity index (χ3v) is 3.79. The first kappa shape index (κ1) is 13.1. The molecule has 0 saturated carbocycles. The highest BCUT2D eigenvalue weighted by Crippen LogP contribution is 2.32. The van der Waals surface area contributed by atoms with E-state index in [2.05, 4.69) is 21.2 Å². The Morgan fingerprint density at radius 2 is 2.20 bits per heavy atom. The second kappa shape index (κ2) is 5.22. The van der Waals surface area contributed by atoms with E-state index in [1.165, 1.54) is 0 Å². The molecule has 2 aromatic rings. The molecular formula is C14H19N5O. The van der Waals surface area contributed by atoms with Crippen LogP contribution in [0.25, 0.3) is 0 Å². The zero-order valence-electron chi connectivity index (χ0n) is 11.7. The quantitative estimate of drug-likeness (QED) is 0.835. The fourth-order valence-electron chi connectivity index (χ4n) is 2.62. The first-order chi connectivity index (χ1) is 9.69. The molecule has 106 valence electrons. The van der Waals surface area contributed by atoms with Crippen LogP contribution in [-0.4, -0.2) is 46.0 Å². The van der Waals surface area contributed by atoms with E-state index in [1.807, 2.05) is 29.8 Å². The van der Waals surface area contributed by atoms with Gasteiger partial charge in [-0.05, 0) is 17.7 Å². The summed E-state index contributed by atoms with van der Waals surface area (Å²) in [5, 5.41) is 8.26. The lowest BCUT2D eigenvalue weighted by atomic mass is 9.99. The van der Waals surface area contributed by atoms with E-state index in [1.54, 1.807) is 13.4 Å². The van der Waals surface area contributed by atoms with Crippen molar-refractivity contribution in [3.8, 4) is 0 Å². The van der Waals surface area contributed by atoms with E-state index in [0.29, 0.717) is 6.10 Å². The zero-order valence-corrected chi connectivity index (χ0v) is 11.7. The number of ether oxygens (including phenoxy) is 1. The predicted octanol–water partition coefficient (Wildman–Crippen LogP) is 0.817. The highest BCUT2D eigenvalue weighted by Gasteiger charge is 2.36. The summed E-state index contributed by atoms with van der Waals surface area (Å²) in [6.07, 6.45) is 2.02. The molecule has 2 N–H and O–H groups in total. The first-order valence-corrected chi connectivity index (χ1v) is 6.65. The van der Waals surface area contributed by atoms with Crippen molar-refractivity contribution < 1.29 is 4.74 Å². The van der Waals surface area contributed by atoms with Gasteiger partial charge in [-0.15, -0.1) is 10.2 Å². The third kappa shape index (κ3) is 2.28. The van der Waals surface area contributed by atoms with Crippen LogP contribution in [0.4, 0.5) is 5.69 Å². The van der Waals surface area contributed by atoms with Gasteiger partial charge in [0.1, 0.15) is 6.33 Å². The van der Waals surface area contributed by atoms with Gasteiger partial charge >= 0.3 is 0 Å². The number of rotatable bonds is 4. The molecule has 1 aromatic heterocycles. The smallest absolute Gasteiger partial charge is 0.154 e. The second-order valence-corrected chi connectivity index (χ2v) is 5.18. The number of aromatic nitrogens is 3. The molecular weight excluding hydrogens is 254 g/mol. The normalized spacial score (nSPS) is 17.9. The van der Waals surface area contributed by atoms with E-state index in [4.69, 9.17) is 10.5 Å².